The predicted octanol–water partition coefficient (Wildman–Crippen LogP) is 1.28. The largest absolute Gasteiger partial charge is 0.493 e. The van der Waals surface area contributed by atoms with Crippen LogP contribution in [0.25, 0.3) is 0 Å². The molecule has 1 aromatic carbocycles. The molecule has 0 saturated carbocycles. The van der Waals surface area contributed by atoms with Crippen molar-refractivity contribution in [2.24, 2.45) is 5.73 Å². The fourth-order valence-corrected chi connectivity index (χ4v) is 2.07. The number of rotatable bonds is 1. The molecule has 0 amide bonds. The highest BCUT2D eigenvalue weighted by Crippen LogP contribution is 2.38. The van der Waals surface area contributed by atoms with Gasteiger partial charge in [-0.15, -0.1) is 0 Å². The van der Waals surface area contributed by atoms with Crippen molar-refractivity contribution in [1.82, 2.24) is 0 Å². The van der Waals surface area contributed by atoms with E-state index in [1.807, 2.05) is 6.92 Å². The average Bonchev–Trinajstić information content (AvgIpc) is 2.64. The van der Waals surface area contributed by atoms with Crippen LogP contribution >= 0.6 is 0 Å². The molecule has 3 heteroatoms. The van der Waals surface area contributed by atoms with Crippen LogP contribution in [0.4, 0.5) is 5.69 Å². The van der Waals surface area contributed by atoms with Crippen LogP contribution in [0.2, 0.25) is 0 Å². The molecule has 1 aliphatic rings. The normalized spacial score (nSPS) is 13.9. The maximum atomic E-state index is 6.03. The molecule has 0 radical (unpaired) electrons. The lowest BCUT2D eigenvalue weighted by Crippen LogP contribution is -2.07. The highest BCUT2D eigenvalue weighted by molar-refractivity contribution is 5.66. The molecule has 1 heterocycles. The van der Waals surface area contributed by atoms with E-state index in [4.69, 9.17) is 16.2 Å². The number of benzene rings is 1. The molecule has 0 spiro atoms. The van der Waals surface area contributed by atoms with Gasteiger partial charge in [0.1, 0.15) is 5.75 Å². The van der Waals surface area contributed by atoms with Crippen molar-refractivity contribution in [3.63, 3.8) is 0 Å². The lowest BCUT2D eigenvalue weighted by atomic mass is 9.95. The van der Waals surface area contributed by atoms with Gasteiger partial charge in [-0.25, -0.2) is 0 Å². The predicted molar refractivity (Wildman–Crippen MR) is 57.4 cm³/mol. The van der Waals surface area contributed by atoms with Gasteiger partial charge in [-0.3, -0.25) is 0 Å². The molecule has 0 bridgehead atoms. The second-order valence-electron chi connectivity index (χ2n) is 3.75. The molecule has 1 aromatic rings. The fourth-order valence-electron chi connectivity index (χ4n) is 2.07. The van der Waals surface area contributed by atoms with Crippen LogP contribution in [0.5, 0.6) is 5.75 Å². The summed E-state index contributed by atoms with van der Waals surface area (Å²) in [6, 6.07) is 0. The lowest BCUT2D eigenvalue weighted by Gasteiger charge is -2.15. The van der Waals surface area contributed by atoms with E-state index in [0.717, 1.165) is 41.2 Å². The molecule has 0 atom stereocenters. The van der Waals surface area contributed by atoms with Gasteiger partial charge >= 0.3 is 0 Å². The maximum absolute atomic E-state index is 6.03. The Hall–Kier alpha value is -1.22. The van der Waals surface area contributed by atoms with Gasteiger partial charge in [0.15, 0.2) is 0 Å². The van der Waals surface area contributed by atoms with Crippen molar-refractivity contribution >= 4 is 5.69 Å². The number of anilines is 1. The van der Waals surface area contributed by atoms with E-state index in [-0.39, 0.29) is 0 Å². The van der Waals surface area contributed by atoms with Gasteiger partial charge in [0.2, 0.25) is 0 Å². The summed E-state index contributed by atoms with van der Waals surface area (Å²) in [6.07, 6.45) is 0.938. The van der Waals surface area contributed by atoms with Gasteiger partial charge in [0.25, 0.3) is 0 Å². The molecule has 2 rings (SSSR count). The van der Waals surface area contributed by atoms with Crippen molar-refractivity contribution in [2.75, 3.05) is 12.3 Å². The molecule has 0 aliphatic carbocycles. The Bertz CT molecular complexity index is 386. The van der Waals surface area contributed by atoms with Crippen LogP contribution in [-0.2, 0) is 13.0 Å². The molecule has 0 unspecified atom stereocenters. The number of nitrogens with two attached hydrogens (primary N) is 2. The van der Waals surface area contributed by atoms with Crippen LogP contribution < -0.4 is 16.2 Å². The van der Waals surface area contributed by atoms with Crippen LogP contribution in [0.3, 0.4) is 0 Å². The van der Waals surface area contributed by atoms with E-state index in [1.165, 1.54) is 5.56 Å². The minimum atomic E-state index is 0.499. The summed E-state index contributed by atoms with van der Waals surface area (Å²) in [5, 5.41) is 0. The molecule has 4 N–H and O–H groups in total. The third-order valence-electron chi connectivity index (χ3n) is 3.07. The Kier molecular flexibility index (Phi) is 2.11. The van der Waals surface area contributed by atoms with E-state index < -0.39 is 0 Å². The number of nitrogen functional groups attached to an aromatic ring is 1. The van der Waals surface area contributed by atoms with Crippen molar-refractivity contribution in [3.8, 4) is 5.75 Å². The highest BCUT2D eigenvalue weighted by atomic mass is 16.5. The second-order valence-corrected chi connectivity index (χ2v) is 3.75. The molecule has 3 nitrogen and oxygen atoms in total. The van der Waals surface area contributed by atoms with E-state index in [0.29, 0.717) is 6.54 Å². The van der Waals surface area contributed by atoms with Crippen molar-refractivity contribution in [1.29, 1.82) is 0 Å². The third kappa shape index (κ3) is 1.09. The number of hydrogen-bond acceptors (Lipinski definition) is 3. The van der Waals surface area contributed by atoms with Crippen molar-refractivity contribution in [2.45, 2.75) is 26.8 Å². The monoisotopic (exact) mass is 192 g/mol. The Morgan fingerprint density at radius 1 is 1.29 bits per heavy atom. The number of ether oxygens (including phenoxy) is 1. The first-order valence-electron chi connectivity index (χ1n) is 4.90. The first-order chi connectivity index (χ1) is 6.66. The lowest BCUT2D eigenvalue weighted by molar-refractivity contribution is 0.354. The quantitative estimate of drug-likeness (QED) is 0.659. The van der Waals surface area contributed by atoms with E-state index in [1.54, 1.807) is 0 Å². The minimum Gasteiger partial charge on any atom is -0.493 e. The molecule has 0 aromatic heterocycles. The zero-order valence-corrected chi connectivity index (χ0v) is 8.68. The van der Waals surface area contributed by atoms with E-state index in [2.05, 4.69) is 6.92 Å². The van der Waals surface area contributed by atoms with Gasteiger partial charge in [-0.1, -0.05) is 0 Å². The SMILES string of the molecule is Cc1c(C)c2c(c(CN)c1N)CCO2. The van der Waals surface area contributed by atoms with Crippen LogP contribution in [-0.4, -0.2) is 6.61 Å². The summed E-state index contributed by atoms with van der Waals surface area (Å²) in [7, 11) is 0. The second kappa shape index (κ2) is 3.17. The molecule has 0 saturated heterocycles. The van der Waals surface area contributed by atoms with Gasteiger partial charge in [-0.05, 0) is 30.5 Å². The Balaban J connectivity index is 2.74. The number of fused-ring (bicyclic) bond motifs is 1. The molecular formula is C11H16N2O. The third-order valence-corrected chi connectivity index (χ3v) is 3.07. The topological polar surface area (TPSA) is 61.3 Å². The van der Waals surface area contributed by atoms with Gasteiger partial charge < -0.3 is 16.2 Å². The standard InChI is InChI=1S/C11H16N2O/c1-6-7(2)11-8(3-4-14-11)9(5-12)10(6)13/h3-5,12-13H2,1-2H3. The summed E-state index contributed by atoms with van der Waals surface area (Å²) < 4.78 is 5.60. The van der Waals surface area contributed by atoms with Crippen LogP contribution in [0.15, 0.2) is 0 Å². The summed E-state index contributed by atoms with van der Waals surface area (Å²) in [6.45, 7) is 5.33. The zero-order valence-electron chi connectivity index (χ0n) is 8.68. The van der Waals surface area contributed by atoms with Gasteiger partial charge in [0.05, 0.1) is 6.61 Å². The first kappa shape index (κ1) is 9.34. The Morgan fingerprint density at radius 3 is 2.64 bits per heavy atom. The molecule has 76 valence electrons. The van der Waals surface area contributed by atoms with Crippen molar-refractivity contribution < 1.29 is 4.74 Å². The Labute approximate surface area is 84.0 Å². The minimum absolute atomic E-state index is 0.499. The highest BCUT2D eigenvalue weighted by Gasteiger charge is 2.22. The van der Waals surface area contributed by atoms with Gasteiger partial charge in [-0.2, -0.15) is 0 Å². The number of hydrogen-bond donors (Lipinski definition) is 2. The molecule has 0 fully saturated rings. The van der Waals surface area contributed by atoms with E-state index >= 15 is 0 Å². The molecule has 14 heavy (non-hydrogen) atoms. The van der Waals surface area contributed by atoms with E-state index in [9.17, 15) is 0 Å². The summed E-state index contributed by atoms with van der Waals surface area (Å²) in [5.41, 5.74) is 17.1. The Morgan fingerprint density at radius 2 is 2.00 bits per heavy atom. The molecular weight excluding hydrogens is 176 g/mol. The summed E-state index contributed by atoms with van der Waals surface area (Å²) >= 11 is 0. The van der Waals surface area contributed by atoms with Crippen LogP contribution in [0, 0.1) is 13.8 Å². The maximum Gasteiger partial charge on any atom is 0.126 e. The van der Waals surface area contributed by atoms with Crippen molar-refractivity contribution in [3.05, 3.63) is 22.3 Å². The smallest absolute Gasteiger partial charge is 0.126 e. The molecule has 1 aliphatic heterocycles. The zero-order chi connectivity index (χ0) is 10.3. The van der Waals surface area contributed by atoms with Gasteiger partial charge in [0, 0.05) is 24.2 Å². The van der Waals surface area contributed by atoms with Crippen LogP contribution in [0.1, 0.15) is 22.3 Å². The average molecular weight is 192 g/mol. The fraction of sp³-hybridized carbons (Fsp3) is 0.455. The summed E-state index contributed by atoms with van der Waals surface area (Å²) in [5.74, 6) is 1.01. The first-order valence-corrected chi connectivity index (χ1v) is 4.90. The summed E-state index contributed by atoms with van der Waals surface area (Å²) in [4.78, 5) is 0.